The van der Waals surface area contributed by atoms with E-state index in [1.165, 1.54) is 12.1 Å². The highest BCUT2D eigenvalue weighted by Crippen LogP contribution is 2.69. The number of hydrogen-bond acceptors (Lipinski definition) is 3. The lowest BCUT2D eigenvalue weighted by molar-refractivity contribution is -0.113. The first-order valence-corrected chi connectivity index (χ1v) is 9.60. The third kappa shape index (κ3) is 4.79. The normalized spacial score (nSPS) is 12.5. The smallest absolute Gasteiger partial charge is 0.325 e. The van der Waals surface area contributed by atoms with Crippen molar-refractivity contribution >= 4 is 42.7 Å². The first-order chi connectivity index (χ1) is 9.05. The molecule has 0 fully saturated rings. The maximum absolute atomic E-state index is 11.2. The van der Waals surface area contributed by atoms with E-state index in [9.17, 15) is 13.9 Å². The van der Waals surface area contributed by atoms with Gasteiger partial charge in [-0.15, -0.1) is 0 Å². The molecule has 112 valence electrons. The number of benzene rings is 1. The van der Waals surface area contributed by atoms with Crippen LogP contribution < -0.4 is 5.32 Å². The summed E-state index contributed by atoms with van der Waals surface area (Å²) in [5.41, 5.74) is 0.136. The number of nitrogens with one attached hydrogen (secondary N) is 1. The second-order valence-corrected chi connectivity index (χ2v) is 8.21. The first-order valence-electron chi connectivity index (χ1n) is 5.12. The van der Waals surface area contributed by atoms with Gasteiger partial charge in [0.15, 0.2) is 5.40 Å². The van der Waals surface area contributed by atoms with Crippen molar-refractivity contribution in [1.82, 2.24) is 0 Å². The predicted octanol–water partition coefficient (Wildman–Crippen LogP) is 1.37. The molecule has 0 saturated carbocycles. The van der Waals surface area contributed by atoms with Crippen LogP contribution in [-0.4, -0.2) is 30.8 Å². The fourth-order valence-electron chi connectivity index (χ4n) is 1.52. The van der Waals surface area contributed by atoms with Crippen molar-refractivity contribution in [2.24, 2.45) is 0 Å². The molecule has 0 unspecified atom stereocenters. The molecule has 5 N–H and O–H groups in total. The molecule has 0 saturated heterocycles. The molecule has 8 nitrogen and oxygen atoms in total. The van der Waals surface area contributed by atoms with Gasteiger partial charge in [0.25, 0.3) is 0 Å². The van der Waals surface area contributed by atoms with E-state index < -0.39 is 20.6 Å². The largest absolute Gasteiger partial charge is 0.345 e. The molecule has 0 aliphatic heterocycles. The number of halogens is 1. The SMILES string of the molecule is O=C(CBr)Nc1ccc(C(P(=O)(O)O)P(=O)(O)O)cc1. The van der Waals surface area contributed by atoms with Gasteiger partial charge in [0.1, 0.15) is 0 Å². The van der Waals surface area contributed by atoms with E-state index >= 15 is 0 Å². The van der Waals surface area contributed by atoms with Gasteiger partial charge >= 0.3 is 15.2 Å². The van der Waals surface area contributed by atoms with Crippen LogP contribution >= 0.6 is 31.1 Å². The molecule has 0 atom stereocenters. The lowest BCUT2D eigenvalue weighted by Crippen LogP contribution is -2.12. The molecule has 0 bridgehead atoms. The number of amides is 1. The molecule has 1 aromatic rings. The van der Waals surface area contributed by atoms with E-state index in [1.54, 1.807) is 0 Å². The summed E-state index contributed by atoms with van der Waals surface area (Å²) in [6.07, 6.45) is 0. The van der Waals surface area contributed by atoms with Crippen LogP contribution in [0, 0.1) is 0 Å². The Morgan fingerprint density at radius 1 is 1.10 bits per heavy atom. The van der Waals surface area contributed by atoms with Gasteiger partial charge < -0.3 is 24.9 Å². The van der Waals surface area contributed by atoms with Gasteiger partial charge in [0, 0.05) is 5.69 Å². The van der Waals surface area contributed by atoms with Gasteiger partial charge in [0.05, 0.1) is 5.33 Å². The summed E-state index contributed by atoms with van der Waals surface area (Å²) in [5, 5.41) is 0.321. The standard InChI is InChI=1S/C9H12BrNO7P2/c10-5-8(12)11-7-3-1-6(2-4-7)9(19(13,14)15)20(16,17)18/h1-4,9H,5H2,(H,11,12)(H2,13,14,15)(H2,16,17,18). The van der Waals surface area contributed by atoms with Crippen LogP contribution in [0.4, 0.5) is 5.69 Å². The minimum Gasteiger partial charge on any atom is -0.325 e. The Bertz CT molecular complexity index is 556. The van der Waals surface area contributed by atoms with Crippen molar-refractivity contribution < 1.29 is 33.5 Å². The summed E-state index contributed by atoms with van der Waals surface area (Å²) in [5.74, 6) is -0.334. The minimum atomic E-state index is -5.03. The predicted molar refractivity (Wildman–Crippen MR) is 75.7 cm³/mol. The number of anilines is 1. The van der Waals surface area contributed by atoms with Gasteiger partial charge in [-0.05, 0) is 17.7 Å². The summed E-state index contributed by atoms with van der Waals surface area (Å²) in [6.45, 7) is 0. The van der Waals surface area contributed by atoms with Gasteiger partial charge in [-0.25, -0.2) is 0 Å². The highest BCUT2D eigenvalue weighted by Gasteiger charge is 2.44. The van der Waals surface area contributed by atoms with Crippen LogP contribution in [0.15, 0.2) is 24.3 Å². The first kappa shape index (κ1) is 17.5. The topological polar surface area (TPSA) is 144 Å². The summed E-state index contributed by atoms with van der Waals surface area (Å²) in [6, 6.07) is 4.89. The Morgan fingerprint density at radius 2 is 1.55 bits per heavy atom. The Labute approximate surface area is 122 Å². The monoisotopic (exact) mass is 387 g/mol. The van der Waals surface area contributed by atoms with Gasteiger partial charge in [-0.1, -0.05) is 28.1 Å². The number of hydrogen-bond donors (Lipinski definition) is 5. The fourth-order valence-corrected chi connectivity index (χ4v) is 4.35. The molecule has 0 heterocycles. The maximum Gasteiger partial charge on any atom is 0.345 e. The summed E-state index contributed by atoms with van der Waals surface area (Å²) < 4.78 is 22.4. The van der Waals surface area contributed by atoms with E-state index in [0.717, 1.165) is 12.1 Å². The van der Waals surface area contributed by atoms with Crippen LogP contribution in [0.3, 0.4) is 0 Å². The summed E-state index contributed by atoms with van der Waals surface area (Å²) in [4.78, 5) is 47.4. The van der Waals surface area contributed by atoms with Crippen molar-refractivity contribution in [3.63, 3.8) is 0 Å². The zero-order chi connectivity index (χ0) is 15.6. The van der Waals surface area contributed by atoms with Crippen LogP contribution in [0.5, 0.6) is 0 Å². The number of carbonyl (C=O) groups is 1. The third-order valence-corrected chi connectivity index (χ3v) is 6.44. The van der Waals surface area contributed by atoms with Gasteiger partial charge in [-0.3, -0.25) is 13.9 Å². The van der Waals surface area contributed by atoms with E-state index in [-0.39, 0.29) is 16.8 Å². The van der Waals surface area contributed by atoms with E-state index in [1.807, 2.05) is 0 Å². The molecule has 1 rings (SSSR count). The lowest BCUT2D eigenvalue weighted by Gasteiger charge is -2.20. The highest BCUT2D eigenvalue weighted by molar-refractivity contribution is 9.09. The molecule has 20 heavy (non-hydrogen) atoms. The second-order valence-electron chi connectivity index (χ2n) is 3.86. The summed E-state index contributed by atoms with van der Waals surface area (Å²) in [7, 11) is -10.1. The fraction of sp³-hybridized carbons (Fsp3) is 0.222. The maximum atomic E-state index is 11.2. The minimum absolute atomic E-state index is 0.0718. The van der Waals surface area contributed by atoms with E-state index in [2.05, 4.69) is 21.2 Å². The molecule has 0 aliphatic rings. The van der Waals surface area contributed by atoms with Gasteiger partial charge in [0.2, 0.25) is 5.91 Å². The van der Waals surface area contributed by atoms with Crippen molar-refractivity contribution in [1.29, 1.82) is 0 Å². The van der Waals surface area contributed by atoms with Crippen molar-refractivity contribution in [2.45, 2.75) is 5.40 Å². The van der Waals surface area contributed by atoms with Crippen LogP contribution in [0.25, 0.3) is 0 Å². The van der Waals surface area contributed by atoms with Crippen LogP contribution in [-0.2, 0) is 13.9 Å². The Kier molecular flexibility index (Phi) is 5.69. The number of alkyl halides is 1. The average molecular weight is 388 g/mol. The number of rotatable bonds is 5. The zero-order valence-corrected chi connectivity index (χ0v) is 13.3. The molecule has 0 spiro atoms. The second kappa shape index (κ2) is 6.49. The lowest BCUT2D eigenvalue weighted by atomic mass is 10.2. The molecular weight excluding hydrogens is 376 g/mol. The molecule has 0 aromatic heterocycles. The molecule has 1 amide bonds. The molecule has 11 heteroatoms. The highest BCUT2D eigenvalue weighted by atomic mass is 79.9. The van der Waals surface area contributed by atoms with Crippen molar-refractivity contribution in [3.05, 3.63) is 29.8 Å². The summed E-state index contributed by atoms with van der Waals surface area (Å²) >= 11 is 2.94. The van der Waals surface area contributed by atoms with Crippen LogP contribution in [0.1, 0.15) is 11.0 Å². The Morgan fingerprint density at radius 3 is 1.90 bits per heavy atom. The van der Waals surface area contributed by atoms with E-state index in [4.69, 9.17) is 19.6 Å². The molecule has 0 aliphatic carbocycles. The number of carbonyl (C=O) groups excluding carboxylic acids is 1. The third-order valence-electron chi connectivity index (χ3n) is 2.25. The van der Waals surface area contributed by atoms with Crippen molar-refractivity contribution in [3.8, 4) is 0 Å². The van der Waals surface area contributed by atoms with Crippen LogP contribution in [0.2, 0.25) is 0 Å². The molecular formula is C9H12BrNO7P2. The zero-order valence-electron chi connectivity index (χ0n) is 9.88. The van der Waals surface area contributed by atoms with Gasteiger partial charge in [-0.2, -0.15) is 0 Å². The van der Waals surface area contributed by atoms with E-state index in [0.29, 0.717) is 5.69 Å². The molecule has 0 radical (unpaired) electrons. The quantitative estimate of drug-likeness (QED) is 0.379. The van der Waals surface area contributed by atoms with Crippen molar-refractivity contribution in [2.75, 3.05) is 10.6 Å². The molecule has 1 aromatic carbocycles. The Balaban J connectivity index is 3.10. The Hall–Kier alpha value is -0.530. The average Bonchev–Trinajstić information content (AvgIpc) is 2.27.